The van der Waals surface area contributed by atoms with Crippen LogP contribution in [-0.4, -0.2) is 4.98 Å². The SMILES string of the molecule is [CH]Cc1ccc(Cl)nc1. The zero-order valence-corrected chi connectivity index (χ0v) is 5.60. The van der Waals surface area contributed by atoms with Gasteiger partial charge in [0.1, 0.15) is 5.15 Å². The molecule has 1 nitrogen and oxygen atoms in total. The molecule has 0 aromatic carbocycles. The average molecular weight is 140 g/mol. The van der Waals surface area contributed by atoms with E-state index in [-0.39, 0.29) is 0 Å². The molecule has 1 aromatic heterocycles. The summed E-state index contributed by atoms with van der Waals surface area (Å²) in [6.45, 7) is 5.32. The topological polar surface area (TPSA) is 12.9 Å². The van der Waals surface area contributed by atoms with Crippen molar-refractivity contribution in [1.82, 2.24) is 4.98 Å². The molecule has 9 heavy (non-hydrogen) atoms. The van der Waals surface area contributed by atoms with Crippen LogP contribution in [0, 0.1) is 6.92 Å². The van der Waals surface area contributed by atoms with Gasteiger partial charge in [0, 0.05) is 6.20 Å². The maximum atomic E-state index is 5.52. The Morgan fingerprint density at radius 2 is 2.33 bits per heavy atom. The molecular weight excluding hydrogens is 134 g/mol. The van der Waals surface area contributed by atoms with Crippen molar-refractivity contribution in [2.45, 2.75) is 6.42 Å². The van der Waals surface area contributed by atoms with Gasteiger partial charge >= 0.3 is 0 Å². The molecule has 0 spiro atoms. The summed E-state index contributed by atoms with van der Waals surface area (Å²) in [5.74, 6) is 0. The third kappa shape index (κ3) is 1.68. The molecule has 1 aromatic rings. The average Bonchev–Trinajstić information content (AvgIpc) is 1.90. The number of rotatable bonds is 1. The molecule has 0 fully saturated rings. The number of halogens is 1. The summed E-state index contributed by atoms with van der Waals surface area (Å²) in [6.07, 6.45) is 2.19. The Hall–Kier alpha value is -0.560. The van der Waals surface area contributed by atoms with Crippen molar-refractivity contribution in [2.75, 3.05) is 0 Å². The Bertz CT molecular complexity index is 181. The monoisotopic (exact) mass is 139 g/mol. The van der Waals surface area contributed by atoms with E-state index < -0.39 is 0 Å². The second-order valence-corrected chi connectivity index (χ2v) is 2.08. The number of pyridine rings is 1. The summed E-state index contributed by atoms with van der Waals surface area (Å²) in [5.41, 5.74) is 0.999. The zero-order valence-electron chi connectivity index (χ0n) is 4.84. The molecule has 0 aliphatic heterocycles. The van der Waals surface area contributed by atoms with Gasteiger partial charge in [0.15, 0.2) is 0 Å². The molecule has 1 heterocycles. The highest BCUT2D eigenvalue weighted by Gasteiger charge is 1.87. The molecule has 0 atom stereocenters. The van der Waals surface area contributed by atoms with E-state index in [1.54, 1.807) is 12.3 Å². The molecule has 0 bridgehead atoms. The number of nitrogens with zero attached hydrogens (tertiary/aromatic N) is 1. The Morgan fingerprint density at radius 1 is 1.56 bits per heavy atom. The Kier molecular flexibility index (Phi) is 2.06. The molecule has 46 valence electrons. The first-order valence-electron chi connectivity index (χ1n) is 2.63. The summed E-state index contributed by atoms with van der Waals surface area (Å²) in [4.78, 5) is 3.84. The fraction of sp³-hybridized carbons (Fsp3) is 0.143. The molecule has 2 heteroatoms. The standard InChI is InChI=1S/C7H6ClN/c1-2-6-3-4-7(8)9-5-6/h1,3-5H,2H2. The van der Waals surface area contributed by atoms with Crippen molar-refractivity contribution in [3.05, 3.63) is 36.0 Å². The van der Waals surface area contributed by atoms with Gasteiger partial charge in [-0.3, -0.25) is 0 Å². The van der Waals surface area contributed by atoms with Crippen LogP contribution in [0.3, 0.4) is 0 Å². The molecule has 0 amide bonds. The van der Waals surface area contributed by atoms with Crippen molar-refractivity contribution in [3.8, 4) is 0 Å². The number of hydrogen-bond acceptors (Lipinski definition) is 1. The van der Waals surface area contributed by atoms with Crippen LogP contribution in [0.25, 0.3) is 0 Å². The third-order valence-corrected chi connectivity index (χ3v) is 1.25. The van der Waals surface area contributed by atoms with Gasteiger partial charge in [-0.05, 0) is 25.0 Å². The first-order chi connectivity index (χ1) is 4.33. The van der Waals surface area contributed by atoms with E-state index in [2.05, 4.69) is 4.98 Å². The highest BCUT2D eigenvalue weighted by molar-refractivity contribution is 6.29. The molecule has 2 radical (unpaired) electrons. The van der Waals surface area contributed by atoms with E-state index in [4.69, 9.17) is 18.5 Å². The van der Waals surface area contributed by atoms with Gasteiger partial charge in [0.2, 0.25) is 0 Å². The molecule has 0 N–H and O–H groups in total. The smallest absolute Gasteiger partial charge is 0.129 e. The zero-order chi connectivity index (χ0) is 6.69. The largest absolute Gasteiger partial charge is 0.244 e. The predicted octanol–water partition coefficient (Wildman–Crippen LogP) is 1.99. The molecular formula is C7H6ClN. The normalized spacial score (nSPS) is 9.56. The molecule has 0 aliphatic rings. The maximum absolute atomic E-state index is 5.52. The number of aromatic nitrogens is 1. The Balaban J connectivity index is 2.88. The van der Waals surface area contributed by atoms with Crippen LogP contribution in [0.2, 0.25) is 5.15 Å². The number of hydrogen-bond donors (Lipinski definition) is 0. The van der Waals surface area contributed by atoms with Crippen LogP contribution >= 0.6 is 11.6 Å². The van der Waals surface area contributed by atoms with Crippen molar-refractivity contribution in [3.63, 3.8) is 0 Å². The summed E-state index contributed by atoms with van der Waals surface area (Å²) in [7, 11) is 0. The van der Waals surface area contributed by atoms with Crippen LogP contribution < -0.4 is 0 Å². The van der Waals surface area contributed by atoms with Crippen LogP contribution in [0.5, 0.6) is 0 Å². The lowest BCUT2D eigenvalue weighted by atomic mass is 10.2. The van der Waals surface area contributed by atoms with Crippen LogP contribution in [0.4, 0.5) is 0 Å². The minimum atomic E-state index is 0.507. The highest BCUT2D eigenvalue weighted by atomic mass is 35.5. The minimum absolute atomic E-state index is 0.507. The predicted molar refractivity (Wildman–Crippen MR) is 37.3 cm³/mol. The molecule has 0 saturated heterocycles. The first kappa shape index (κ1) is 6.56. The van der Waals surface area contributed by atoms with Crippen molar-refractivity contribution in [2.24, 2.45) is 0 Å². The highest BCUT2D eigenvalue weighted by Crippen LogP contribution is 2.04. The van der Waals surface area contributed by atoms with Gasteiger partial charge in [-0.1, -0.05) is 17.7 Å². The Morgan fingerprint density at radius 3 is 2.78 bits per heavy atom. The second-order valence-electron chi connectivity index (χ2n) is 1.69. The summed E-state index contributed by atoms with van der Waals surface area (Å²) >= 11 is 5.52. The van der Waals surface area contributed by atoms with E-state index in [1.807, 2.05) is 6.07 Å². The minimum Gasteiger partial charge on any atom is -0.244 e. The van der Waals surface area contributed by atoms with Gasteiger partial charge in [0.05, 0.1) is 0 Å². The summed E-state index contributed by atoms with van der Waals surface area (Å²) in [5, 5.41) is 0.507. The molecule has 1 rings (SSSR count). The van der Waals surface area contributed by atoms with Gasteiger partial charge < -0.3 is 0 Å². The second kappa shape index (κ2) is 2.83. The van der Waals surface area contributed by atoms with E-state index in [9.17, 15) is 0 Å². The lowest BCUT2D eigenvalue weighted by Crippen LogP contribution is -1.80. The maximum Gasteiger partial charge on any atom is 0.129 e. The van der Waals surface area contributed by atoms with Gasteiger partial charge in [-0.25, -0.2) is 4.98 Å². The molecule has 0 aliphatic carbocycles. The van der Waals surface area contributed by atoms with Crippen LogP contribution in [0.1, 0.15) is 5.56 Å². The van der Waals surface area contributed by atoms with Gasteiger partial charge in [-0.15, -0.1) is 0 Å². The first-order valence-corrected chi connectivity index (χ1v) is 3.01. The lowest BCUT2D eigenvalue weighted by molar-refractivity contribution is 1.19. The van der Waals surface area contributed by atoms with Crippen LogP contribution in [-0.2, 0) is 6.42 Å². The summed E-state index contributed by atoms with van der Waals surface area (Å²) in [6, 6.07) is 3.58. The molecule has 0 unspecified atom stereocenters. The van der Waals surface area contributed by atoms with E-state index in [0.29, 0.717) is 11.6 Å². The third-order valence-electron chi connectivity index (χ3n) is 1.02. The van der Waals surface area contributed by atoms with E-state index in [1.165, 1.54) is 0 Å². The fourth-order valence-corrected chi connectivity index (χ4v) is 0.639. The lowest BCUT2D eigenvalue weighted by Gasteiger charge is -1.92. The van der Waals surface area contributed by atoms with Crippen LogP contribution in [0.15, 0.2) is 18.3 Å². The van der Waals surface area contributed by atoms with Gasteiger partial charge in [-0.2, -0.15) is 0 Å². The van der Waals surface area contributed by atoms with Gasteiger partial charge in [0.25, 0.3) is 0 Å². The fourth-order valence-electron chi connectivity index (χ4n) is 0.527. The quantitative estimate of drug-likeness (QED) is 0.543. The van der Waals surface area contributed by atoms with E-state index >= 15 is 0 Å². The summed E-state index contributed by atoms with van der Waals surface area (Å²) < 4.78 is 0. The van der Waals surface area contributed by atoms with E-state index in [0.717, 1.165) is 5.56 Å². The molecule has 0 saturated carbocycles. The van der Waals surface area contributed by atoms with Crippen molar-refractivity contribution in [1.29, 1.82) is 0 Å². The van der Waals surface area contributed by atoms with Crippen molar-refractivity contribution >= 4 is 11.6 Å². The van der Waals surface area contributed by atoms with Crippen molar-refractivity contribution < 1.29 is 0 Å². The Labute approximate surface area is 59.7 Å².